The lowest BCUT2D eigenvalue weighted by Gasteiger charge is -2.18. The molecule has 26 heavy (non-hydrogen) atoms. The summed E-state index contributed by atoms with van der Waals surface area (Å²) in [6.07, 6.45) is 0.181. The van der Waals surface area contributed by atoms with Crippen molar-refractivity contribution in [3.63, 3.8) is 0 Å². The highest BCUT2D eigenvalue weighted by Crippen LogP contribution is 2.18. The van der Waals surface area contributed by atoms with Crippen LogP contribution in [-0.4, -0.2) is 23.2 Å². The summed E-state index contributed by atoms with van der Waals surface area (Å²) in [5, 5.41) is 12.3. The minimum Gasteiger partial charge on any atom is -0.481 e. The van der Waals surface area contributed by atoms with Gasteiger partial charge in [0.2, 0.25) is 0 Å². The van der Waals surface area contributed by atoms with Gasteiger partial charge in [0.05, 0.1) is 0 Å². The Morgan fingerprint density at radius 2 is 1.88 bits per heavy atom. The predicted molar refractivity (Wildman–Crippen MR) is 100 cm³/mol. The van der Waals surface area contributed by atoms with Gasteiger partial charge in [-0.1, -0.05) is 54.1 Å². The van der Waals surface area contributed by atoms with E-state index >= 15 is 0 Å². The molecule has 0 saturated heterocycles. The first kappa shape index (κ1) is 19.8. The molecule has 0 aromatic heterocycles. The van der Waals surface area contributed by atoms with Crippen LogP contribution in [0.3, 0.4) is 0 Å². The van der Waals surface area contributed by atoms with Crippen molar-refractivity contribution in [2.45, 2.75) is 38.8 Å². The van der Waals surface area contributed by atoms with Gasteiger partial charge in [0.25, 0.3) is 0 Å². The van der Waals surface area contributed by atoms with E-state index < -0.39 is 12.1 Å². The van der Waals surface area contributed by atoms with E-state index in [1.165, 1.54) is 0 Å². The summed E-state index contributed by atoms with van der Waals surface area (Å²) in [5.41, 5.74) is 2.78. The zero-order chi connectivity index (χ0) is 18.9. The molecule has 0 aliphatic heterocycles. The number of halogens is 1. The third-order valence-corrected chi connectivity index (χ3v) is 4.37. The summed E-state index contributed by atoms with van der Waals surface area (Å²) in [6, 6.07) is 14.7. The number of ether oxygens (including phenoxy) is 1. The molecule has 2 N–H and O–H groups in total. The van der Waals surface area contributed by atoms with Crippen molar-refractivity contribution < 1.29 is 19.4 Å². The molecule has 0 radical (unpaired) electrons. The number of hydrogen-bond donors (Lipinski definition) is 2. The van der Waals surface area contributed by atoms with E-state index in [1.807, 2.05) is 55.5 Å². The Balaban J connectivity index is 1.95. The Morgan fingerprint density at radius 3 is 2.54 bits per heavy atom. The van der Waals surface area contributed by atoms with E-state index in [0.717, 1.165) is 16.7 Å². The Kier molecular flexibility index (Phi) is 7.48. The number of carboxylic acid groups (broad SMARTS) is 1. The lowest BCUT2D eigenvalue weighted by Crippen LogP contribution is -2.37. The van der Waals surface area contributed by atoms with Gasteiger partial charge in [-0.25, -0.2) is 4.79 Å². The highest BCUT2D eigenvalue weighted by Gasteiger charge is 2.16. The number of aliphatic carboxylic acids is 1. The average molecular weight is 376 g/mol. The minimum absolute atomic E-state index is 0.0385. The Hall–Kier alpha value is -2.53. The van der Waals surface area contributed by atoms with Crippen LogP contribution >= 0.6 is 11.6 Å². The highest BCUT2D eigenvalue weighted by atomic mass is 35.5. The Labute approximate surface area is 157 Å². The quantitative estimate of drug-likeness (QED) is 0.719. The molecule has 0 saturated carbocycles. The van der Waals surface area contributed by atoms with Gasteiger partial charge in [-0.05, 0) is 42.5 Å². The van der Waals surface area contributed by atoms with Gasteiger partial charge in [0.1, 0.15) is 6.61 Å². The fourth-order valence-corrected chi connectivity index (χ4v) is 2.71. The molecule has 2 aromatic carbocycles. The lowest BCUT2D eigenvalue weighted by molar-refractivity contribution is -0.137. The van der Waals surface area contributed by atoms with Crippen LogP contribution < -0.4 is 5.32 Å². The van der Waals surface area contributed by atoms with Gasteiger partial charge in [-0.15, -0.1) is 0 Å². The Morgan fingerprint density at radius 1 is 1.15 bits per heavy atom. The van der Waals surface area contributed by atoms with Crippen LogP contribution in [0, 0.1) is 6.92 Å². The summed E-state index contributed by atoms with van der Waals surface area (Å²) in [5.74, 6) is -0.906. The Bertz CT molecular complexity index is 749. The standard InChI is InChI=1S/C20H22ClNO4/c1-14-7-8-16(12-18(14)21)11-17(9-10-19(23)24)22-20(25)26-13-15-5-3-2-4-6-15/h2-8,12,17H,9-11,13H2,1H3,(H,22,25)(H,23,24). The minimum atomic E-state index is -0.906. The van der Waals surface area contributed by atoms with E-state index in [-0.39, 0.29) is 19.1 Å². The van der Waals surface area contributed by atoms with Crippen molar-refractivity contribution in [3.05, 3.63) is 70.2 Å². The zero-order valence-corrected chi connectivity index (χ0v) is 15.3. The van der Waals surface area contributed by atoms with Crippen LogP contribution in [0.2, 0.25) is 5.02 Å². The average Bonchev–Trinajstić information content (AvgIpc) is 2.62. The largest absolute Gasteiger partial charge is 0.481 e. The first-order chi connectivity index (χ1) is 12.4. The predicted octanol–water partition coefficient (Wildman–Crippen LogP) is 4.35. The van der Waals surface area contributed by atoms with E-state index in [9.17, 15) is 9.59 Å². The number of nitrogens with one attached hydrogen (secondary N) is 1. The molecule has 0 fully saturated rings. The number of benzene rings is 2. The van der Waals surface area contributed by atoms with Gasteiger partial charge in [0, 0.05) is 17.5 Å². The normalized spacial score (nSPS) is 11.6. The van der Waals surface area contributed by atoms with E-state index in [2.05, 4.69) is 5.32 Å². The fourth-order valence-electron chi connectivity index (χ4n) is 2.50. The van der Waals surface area contributed by atoms with Gasteiger partial charge in [0.15, 0.2) is 0 Å². The summed E-state index contributed by atoms with van der Waals surface area (Å²) in [6.45, 7) is 2.07. The maximum atomic E-state index is 12.1. The lowest BCUT2D eigenvalue weighted by atomic mass is 10.0. The molecule has 1 amide bonds. The van der Waals surface area contributed by atoms with Gasteiger partial charge >= 0.3 is 12.1 Å². The summed E-state index contributed by atoms with van der Waals surface area (Å²) in [7, 11) is 0. The summed E-state index contributed by atoms with van der Waals surface area (Å²) in [4.78, 5) is 23.0. The number of carbonyl (C=O) groups excluding carboxylic acids is 1. The molecule has 6 heteroatoms. The molecule has 2 rings (SSSR count). The monoisotopic (exact) mass is 375 g/mol. The topological polar surface area (TPSA) is 75.6 Å². The molecule has 0 bridgehead atoms. The van der Waals surface area contributed by atoms with E-state index in [1.54, 1.807) is 0 Å². The van der Waals surface area contributed by atoms with Crippen LogP contribution in [0.1, 0.15) is 29.5 Å². The molecule has 2 aromatic rings. The van der Waals surface area contributed by atoms with Gasteiger partial charge in [-0.3, -0.25) is 4.79 Å². The molecule has 138 valence electrons. The van der Waals surface area contributed by atoms with Crippen molar-refractivity contribution in [1.29, 1.82) is 0 Å². The first-order valence-corrected chi connectivity index (χ1v) is 8.76. The molecule has 1 unspecified atom stereocenters. The molecule has 0 aliphatic rings. The van der Waals surface area contributed by atoms with Gasteiger partial charge < -0.3 is 15.2 Å². The molecule has 1 atom stereocenters. The highest BCUT2D eigenvalue weighted by molar-refractivity contribution is 6.31. The third kappa shape index (κ3) is 6.76. The maximum Gasteiger partial charge on any atom is 0.407 e. The van der Waals surface area contributed by atoms with E-state index in [0.29, 0.717) is 17.9 Å². The van der Waals surface area contributed by atoms with E-state index in [4.69, 9.17) is 21.4 Å². The number of amides is 1. The molecule has 0 spiro atoms. The molecular formula is C20H22ClNO4. The van der Waals surface area contributed by atoms with Crippen molar-refractivity contribution in [1.82, 2.24) is 5.32 Å². The van der Waals surface area contributed by atoms with Crippen LogP contribution in [0.25, 0.3) is 0 Å². The van der Waals surface area contributed by atoms with Crippen LogP contribution in [0.15, 0.2) is 48.5 Å². The van der Waals surface area contributed by atoms with Gasteiger partial charge in [-0.2, -0.15) is 0 Å². The SMILES string of the molecule is Cc1ccc(CC(CCC(=O)O)NC(=O)OCc2ccccc2)cc1Cl. The number of carbonyl (C=O) groups is 2. The van der Waals surface area contributed by atoms with Crippen molar-refractivity contribution in [2.24, 2.45) is 0 Å². The zero-order valence-electron chi connectivity index (χ0n) is 14.6. The van der Waals surface area contributed by atoms with Crippen LogP contribution in [0.4, 0.5) is 4.79 Å². The number of rotatable bonds is 8. The van der Waals surface area contributed by atoms with Crippen LogP contribution in [-0.2, 0) is 22.6 Å². The second kappa shape index (κ2) is 9.82. The molecule has 5 nitrogen and oxygen atoms in total. The second-order valence-electron chi connectivity index (χ2n) is 6.12. The van der Waals surface area contributed by atoms with Crippen molar-refractivity contribution in [3.8, 4) is 0 Å². The first-order valence-electron chi connectivity index (χ1n) is 8.38. The number of carboxylic acids is 1. The van der Waals surface area contributed by atoms with Crippen LogP contribution in [0.5, 0.6) is 0 Å². The van der Waals surface area contributed by atoms with Crippen molar-refractivity contribution in [2.75, 3.05) is 0 Å². The molecule has 0 heterocycles. The number of alkyl carbamates (subject to hydrolysis) is 1. The molecular weight excluding hydrogens is 354 g/mol. The smallest absolute Gasteiger partial charge is 0.407 e. The fraction of sp³-hybridized carbons (Fsp3) is 0.300. The number of hydrogen-bond acceptors (Lipinski definition) is 3. The number of aryl methyl sites for hydroxylation is 1. The second-order valence-corrected chi connectivity index (χ2v) is 6.53. The summed E-state index contributed by atoms with van der Waals surface area (Å²) >= 11 is 6.14. The maximum absolute atomic E-state index is 12.1. The van der Waals surface area contributed by atoms with Crippen molar-refractivity contribution >= 4 is 23.7 Å². The third-order valence-electron chi connectivity index (χ3n) is 3.96. The summed E-state index contributed by atoms with van der Waals surface area (Å²) < 4.78 is 5.22. The molecule has 0 aliphatic carbocycles.